The highest BCUT2D eigenvalue weighted by molar-refractivity contribution is 5.89. The molecule has 0 aliphatic heterocycles. The van der Waals surface area contributed by atoms with Crippen LogP contribution in [-0.4, -0.2) is 17.7 Å². The first-order valence-electron chi connectivity index (χ1n) is 8.76. The number of benzene rings is 2. The first kappa shape index (κ1) is 19.2. The molecule has 144 valence electrons. The van der Waals surface area contributed by atoms with Gasteiger partial charge in [-0.05, 0) is 54.8 Å². The number of carboxylic acid groups (broad SMARTS) is 1. The lowest BCUT2D eigenvalue weighted by atomic mass is 10.1. The second kappa shape index (κ2) is 8.00. The number of aryl methyl sites for hydroxylation is 1. The van der Waals surface area contributed by atoms with Gasteiger partial charge in [0.2, 0.25) is 11.2 Å². The van der Waals surface area contributed by atoms with Crippen molar-refractivity contribution >= 4 is 16.9 Å². The molecule has 28 heavy (non-hydrogen) atoms. The second-order valence-electron chi connectivity index (χ2n) is 6.41. The number of rotatable bonds is 7. The Morgan fingerprint density at radius 2 is 1.93 bits per heavy atom. The molecule has 0 spiro atoms. The van der Waals surface area contributed by atoms with Crippen molar-refractivity contribution in [2.75, 3.05) is 6.61 Å². The fourth-order valence-electron chi connectivity index (χ4n) is 2.72. The summed E-state index contributed by atoms with van der Waals surface area (Å²) in [5, 5.41) is 9.57. The van der Waals surface area contributed by atoms with Crippen molar-refractivity contribution in [2.45, 2.75) is 20.3 Å². The van der Waals surface area contributed by atoms with Crippen LogP contribution in [0.15, 0.2) is 64.0 Å². The summed E-state index contributed by atoms with van der Waals surface area (Å²) in [4.78, 5) is 23.9. The number of ether oxygens (including phenoxy) is 2. The first-order chi connectivity index (χ1) is 13.4. The van der Waals surface area contributed by atoms with Crippen molar-refractivity contribution < 1.29 is 23.8 Å². The molecule has 0 amide bonds. The van der Waals surface area contributed by atoms with Crippen LogP contribution < -0.4 is 14.9 Å². The van der Waals surface area contributed by atoms with Gasteiger partial charge in [0.05, 0.1) is 10.9 Å². The lowest BCUT2D eigenvalue weighted by Crippen LogP contribution is -2.06. The third-order valence-corrected chi connectivity index (χ3v) is 4.12. The number of hydrogen-bond acceptors (Lipinski definition) is 5. The van der Waals surface area contributed by atoms with Crippen molar-refractivity contribution in [1.82, 2.24) is 0 Å². The van der Waals surface area contributed by atoms with Gasteiger partial charge in [-0.1, -0.05) is 13.5 Å². The van der Waals surface area contributed by atoms with E-state index in [9.17, 15) is 14.7 Å². The van der Waals surface area contributed by atoms with E-state index in [0.29, 0.717) is 41.1 Å². The molecule has 6 heteroatoms. The van der Waals surface area contributed by atoms with Crippen LogP contribution in [0.4, 0.5) is 0 Å². The van der Waals surface area contributed by atoms with Crippen LogP contribution in [0.2, 0.25) is 0 Å². The molecule has 1 heterocycles. The van der Waals surface area contributed by atoms with Gasteiger partial charge in [-0.3, -0.25) is 4.79 Å². The van der Waals surface area contributed by atoms with Crippen LogP contribution in [0.3, 0.4) is 0 Å². The number of carbonyl (C=O) groups is 1. The van der Waals surface area contributed by atoms with Gasteiger partial charge in [0.25, 0.3) is 0 Å². The first-order valence-corrected chi connectivity index (χ1v) is 8.76. The monoisotopic (exact) mass is 380 g/mol. The molecule has 0 atom stereocenters. The summed E-state index contributed by atoms with van der Waals surface area (Å²) in [6, 6.07) is 9.53. The SMILES string of the molecule is C=C(C)COc1ccc2c(=O)c(Oc3ccc(C(=O)O)c(CC)c3)coc2c1. The van der Waals surface area contributed by atoms with Gasteiger partial charge in [0.1, 0.15) is 30.0 Å². The average molecular weight is 380 g/mol. The van der Waals surface area contributed by atoms with E-state index < -0.39 is 5.97 Å². The highest BCUT2D eigenvalue weighted by Gasteiger charge is 2.13. The van der Waals surface area contributed by atoms with Crippen molar-refractivity contribution in [3.8, 4) is 17.2 Å². The third kappa shape index (κ3) is 4.06. The van der Waals surface area contributed by atoms with Gasteiger partial charge >= 0.3 is 5.97 Å². The summed E-state index contributed by atoms with van der Waals surface area (Å²) in [6.45, 7) is 7.87. The standard InChI is InChI=1S/C22H20O6/c1-4-14-9-16(6-7-17(14)22(24)25)28-20-12-27-19-10-15(26-11-13(2)3)5-8-18(19)21(20)23/h5-10,12H,2,4,11H2,1,3H3,(H,24,25). The Labute approximate surface area is 161 Å². The number of carboxylic acids is 1. The summed E-state index contributed by atoms with van der Waals surface area (Å²) in [5.41, 5.74) is 1.77. The topological polar surface area (TPSA) is 86.0 Å². The molecule has 0 saturated carbocycles. The summed E-state index contributed by atoms with van der Waals surface area (Å²) >= 11 is 0. The number of fused-ring (bicyclic) bond motifs is 1. The Bertz CT molecular complexity index is 1110. The molecule has 1 N–H and O–H groups in total. The normalized spacial score (nSPS) is 10.6. The van der Waals surface area contributed by atoms with Crippen molar-refractivity contribution in [3.63, 3.8) is 0 Å². The highest BCUT2D eigenvalue weighted by Crippen LogP contribution is 2.26. The minimum Gasteiger partial charge on any atom is -0.489 e. The zero-order valence-corrected chi connectivity index (χ0v) is 15.7. The van der Waals surface area contributed by atoms with Crippen molar-refractivity contribution in [1.29, 1.82) is 0 Å². The lowest BCUT2D eigenvalue weighted by Gasteiger charge is -2.10. The van der Waals surface area contributed by atoms with Gasteiger partial charge in [-0.2, -0.15) is 0 Å². The minimum atomic E-state index is -1.00. The van der Waals surface area contributed by atoms with Gasteiger partial charge in [0, 0.05) is 6.07 Å². The van der Waals surface area contributed by atoms with Crippen LogP contribution in [0, 0.1) is 0 Å². The predicted molar refractivity (Wildman–Crippen MR) is 106 cm³/mol. The van der Waals surface area contributed by atoms with E-state index in [4.69, 9.17) is 13.9 Å². The third-order valence-electron chi connectivity index (χ3n) is 4.12. The predicted octanol–water partition coefficient (Wildman–Crippen LogP) is 4.80. The summed E-state index contributed by atoms with van der Waals surface area (Å²) in [5.74, 6) is -0.0365. The maximum atomic E-state index is 12.7. The van der Waals surface area contributed by atoms with Crippen LogP contribution in [0.5, 0.6) is 17.2 Å². The summed E-state index contributed by atoms with van der Waals surface area (Å²) in [6.07, 6.45) is 1.77. The fourth-order valence-corrected chi connectivity index (χ4v) is 2.72. The average Bonchev–Trinajstić information content (AvgIpc) is 2.68. The van der Waals surface area contributed by atoms with Crippen molar-refractivity contribution in [3.05, 3.63) is 76.2 Å². The molecular weight excluding hydrogens is 360 g/mol. The quantitative estimate of drug-likeness (QED) is 0.593. The maximum absolute atomic E-state index is 12.7. The molecule has 3 rings (SSSR count). The Hall–Kier alpha value is -3.54. The molecule has 0 bridgehead atoms. The molecule has 0 aliphatic carbocycles. The molecule has 3 aromatic rings. The molecule has 0 unspecified atom stereocenters. The van der Waals surface area contributed by atoms with E-state index in [0.717, 1.165) is 5.57 Å². The summed E-state index contributed by atoms with van der Waals surface area (Å²) in [7, 11) is 0. The highest BCUT2D eigenvalue weighted by atomic mass is 16.5. The Morgan fingerprint density at radius 1 is 1.18 bits per heavy atom. The van der Waals surface area contributed by atoms with E-state index in [-0.39, 0.29) is 16.7 Å². The number of aromatic carboxylic acids is 1. The smallest absolute Gasteiger partial charge is 0.335 e. The molecule has 1 aromatic heterocycles. The fraction of sp³-hybridized carbons (Fsp3) is 0.182. The Balaban J connectivity index is 1.91. The van der Waals surface area contributed by atoms with Gasteiger partial charge in [-0.15, -0.1) is 0 Å². The molecule has 0 radical (unpaired) electrons. The molecular formula is C22H20O6. The van der Waals surface area contributed by atoms with E-state index in [2.05, 4.69) is 6.58 Å². The largest absolute Gasteiger partial charge is 0.489 e. The summed E-state index contributed by atoms with van der Waals surface area (Å²) < 4.78 is 16.8. The van der Waals surface area contributed by atoms with Gasteiger partial charge in [0.15, 0.2) is 0 Å². The minimum absolute atomic E-state index is 0.0215. The molecule has 0 saturated heterocycles. The van der Waals surface area contributed by atoms with Crippen LogP contribution in [-0.2, 0) is 6.42 Å². The Kier molecular flexibility index (Phi) is 5.49. The second-order valence-corrected chi connectivity index (χ2v) is 6.41. The van der Waals surface area contributed by atoms with Gasteiger partial charge < -0.3 is 19.0 Å². The van der Waals surface area contributed by atoms with E-state index in [1.165, 1.54) is 18.4 Å². The van der Waals surface area contributed by atoms with E-state index >= 15 is 0 Å². The van der Waals surface area contributed by atoms with Crippen LogP contribution in [0.1, 0.15) is 29.8 Å². The zero-order valence-electron chi connectivity index (χ0n) is 15.7. The molecule has 0 fully saturated rings. The molecule has 0 aliphatic rings. The Morgan fingerprint density at radius 3 is 2.61 bits per heavy atom. The van der Waals surface area contributed by atoms with Crippen LogP contribution in [0.25, 0.3) is 11.0 Å². The zero-order chi connectivity index (χ0) is 20.3. The van der Waals surface area contributed by atoms with Crippen molar-refractivity contribution in [2.24, 2.45) is 0 Å². The van der Waals surface area contributed by atoms with Gasteiger partial charge in [-0.25, -0.2) is 4.79 Å². The maximum Gasteiger partial charge on any atom is 0.335 e. The molecule has 6 nitrogen and oxygen atoms in total. The van der Waals surface area contributed by atoms with Crippen LogP contribution >= 0.6 is 0 Å². The van der Waals surface area contributed by atoms with E-state index in [1.807, 2.05) is 13.8 Å². The molecule has 2 aromatic carbocycles. The lowest BCUT2D eigenvalue weighted by molar-refractivity contribution is 0.0695. The van der Waals surface area contributed by atoms with E-state index in [1.54, 1.807) is 24.3 Å². The number of hydrogen-bond donors (Lipinski definition) is 1.